The first kappa shape index (κ1) is 29.6. The number of hydrogen-bond acceptors (Lipinski definition) is 5. The van der Waals surface area contributed by atoms with Gasteiger partial charge in [0.1, 0.15) is 11.3 Å². The van der Waals surface area contributed by atoms with Crippen molar-refractivity contribution < 1.29 is 19.1 Å². The summed E-state index contributed by atoms with van der Waals surface area (Å²) in [6.07, 6.45) is 1.33. The van der Waals surface area contributed by atoms with Crippen LogP contribution in [0, 0.1) is 12.8 Å². The number of hydrogen-bond donors (Lipinski definition) is 3. The molecule has 1 heterocycles. The van der Waals surface area contributed by atoms with E-state index in [0.29, 0.717) is 22.8 Å². The number of nitrogens with one attached hydrogen (secondary N) is 3. The van der Waals surface area contributed by atoms with E-state index < -0.39 is 11.7 Å². The van der Waals surface area contributed by atoms with Crippen molar-refractivity contribution in [2.24, 2.45) is 5.92 Å². The van der Waals surface area contributed by atoms with Crippen molar-refractivity contribution in [3.8, 4) is 5.69 Å². The molecule has 1 aliphatic carbocycles. The fourth-order valence-electron chi connectivity index (χ4n) is 4.75. The van der Waals surface area contributed by atoms with E-state index in [9.17, 15) is 14.4 Å². The van der Waals surface area contributed by atoms with Crippen molar-refractivity contribution >= 4 is 23.6 Å². The second-order valence-electron chi connectivity index (χ2n) is 11.8. The molecule has 0 bridgehead atoms. The predicted octanol–water partition coefficient (Wildman–Crippen LogP) is 6.07. The molecule has 1 fully saturated rings. The number of anilines is 1. The maximum atomic E-state index is 13.6. The normalized spacial score (nSPS) is 13.6. The fourth-order valence-corrected chi connectivity index (χ4v) is 4.75. The Labute approximate surface area is 251 Å². The van der Waals surface area contributed by atoms with Crippen molar-refractivity contribution in [3.63, 3.8) is 0 Å². The van der Waals surface area contributed by atoms with Crippen LogP contribution in [0.25, 0.3) is 5.69 Å². The van der Waals surface area contributed by atoms with Crippen LogP contribution in [0.3, 0.4) is 0 Å². The Balaban J connectivity index is 1.34. The highest BCUT2D eigenvalue weighted by molar-refractivity contribution is 6.03. The van der Waals surface area contributed by atoms with Gasteiger partial charge < -0.3 is 20.7 Å². The highest BCUT2D eigenvalue weighted by atomic mass is 16.6. The van der Waals surface area contributed by atoms with Crippen molar-refractivity contribution in [1.82, 2.24) is 20.4 Å². The Morgan fingerprint density at radius 1 is 0.930 bits per heavy atom. The highest BCUT2D eigenvalue weighted by Crippen LogP contribution is 2.32. The zero-order valence-electron chi connectivity index (χ0n) is 24.9. The maximum absolute atomic E-state index is 13.6. The Bertz CT molecular complexity index is 1620. The number of carbonyl (C=O) groups excluding carboxylic acids is 3. The third-order valence-corrected chi connectivity index (χ3v) is 6.90. The summed E-state index contributed by atoms with van der Waals surface area (Å²) in [4.78, 5) is 38.4. The number of amides is 3. The molecule has 5 rings (SSSR count). The summed E-state index contributed by atoms with van der Waals surface area (Å²) in [6, 6.07) is 26.2. The Morgan fingerprint density at radius 2 is 1.65 bits per heavy atom. The summed E-state index contributed by atoms with van der Waals surface area (Å²) in [6.45, 7) is 7.52. The first-order chi connectivity index (χ1) is 20.6. The molecular weight excluding hydrogens is 542 g/mol. The summed E-state index contributed by atoms with van der Waals surface area (Å²) in [7, 11) is 0. The number of aromatic nitrogens is 2. The van der Waals surface area contributed by atoms with Crippen LogP contribution in [-0.4, -0.2) is 33.3 Å². The molecule has 0 radical (unpaired) electrons. The summed E-state index contributed by atoms with van der Waals surface area (Å²) in [5.74, 6) is -0.205. The van der Waals surface area contributed by atoms with Gasteiger partial charge in [-0.15, -0.1) is 0 Å². The average molecular weight is 580 g/mol. The van der Waals surface area contributed by atoms with Crippen LogP contribution in [-0.2, 0) is 16.1 Å². The van der Waals surface area contributed by atoms with Gasteiger partial charge in [-0.1, -0.05) is 54.6 Å². The molecule has 3 aromatic carbocycles. The van der Waals surface area contributed by atoms with Gasteiger partial charge in [-0.25, -0.2) is 9.48 Å². The third-order valence-electron chi connectivity index (χ3n) is 6.90. The number of rotatable bonds is 9. The zero-order valence-corrected chi connectivity index (χ0v) is 24.9. The molecule has 1 aromatic heterocycles. The molecule has 3 N–H and O–H groups in total. The molecule has 3 amide bonds. The number of nitrogens with zero attached hydrogens (tertiary/aromatic N) is 2. The summed E-state index contributed by atoms with van der Waals surface area (Å²) < 4.78 is 6.92. The van der Waals surface area contributed by atoms with E-state index in [1.165, 1.54) is 0 Å². The molecule has 4 aromatic rings. The molecule has 0 saturated heterocycles. The van der Waals surface area contributed by atoms with Gasteiger partial charge in [0.25, 0.3) is 5.91 Å². The minimum Gasteiger partial charge on any atom is -0.444 e. The van der Waals surface area contributed by atoms with E-state index in [1.54, 1.807) is 10.7 Å². The van der Waals surface area contributed by atoms with E-state index in [4.69, 9.17) is 4.74 Å². The summed E-state index contributed by atoms with van der Waals surface area (Å²) >= 11 is 0. The second kappa shape index (κ2) is 12.5. The molecule has 1 aliphatic rings. The third kappa shape index (κ3) is 7.88. The van der Waals surface area contributed by atoms with Crippen LogP contribution in [0.1, 0.15) is 72.5 Å². The minimum atomic E-state index is -0.590. The zero-order chi connectivity index (χ0) is 30.6. The average Bonchev–Trinajstić information content (AvgIpc) is 3.75. The maximum Gasteiger partial charge on any atom is 0.407 e. The molecule has 1 saturated carbocycles. The van der Waals surface area contributed by atoms with E-state index in [0.717, 1.165) is 29.5 Å². The van der Waals surface area contributed by atoms with E-state index in [2.05, 4.69) is 21.0 Å². The number of benzene rings is 3. The van der Waals surface area contributed by atoms with Gasteiger partial charge in [0.15, 0.2) is 0 Å². The smallest absolute Gasteiger partial charge is 0.407 e. The van der Waals surface area contributed by atoms with Crippen molar-refractivity contribution in [2.45, 2.75) is 58.7 Å². The highest BCUT2D eigenvalue weighted by Gasteiger charge is 2.31. The van der Waals surface area contributed by atoms with Crippen molar-refractivity contribution in [2.75, 3.05) is 5.32 Å². The predicted molar refractivity (Wildman–Crippen MR) is 165 cm³/mol. The lowest BCUT2D eigenvalue weighted by molar-refractivity contribution is -0.122. The topological polar surface area (TPSA) is 114 Å². The van der Waals surface area contributed by atoms with Crippen molar-refractivity contribution in [1.29, 1.82) is 0 Å². The van der Waals surface area contributed by atoms with Gasteiger partial charge in [0.2, 0.25) is 5.91 Å². The summed E-state index contributed by atoms with van der Waals surface area (Å²) in [5.41, 5.74) is 4.41. The Kier molecular flexibility index (Phi) is 8.61. The number of carbonyl (C=O) groups is 3. The van der Waals surface area contributed by atoms with E-state index in [1.807, 2.05) is 107 Å². The molecular formula is C34H37N5O4. The van der Waals surface area contributed by atoms with Crippen LogP contribution in [0.5, 0.6) is 0 Å². The molecule has 1 atom stereocenters. The van der Waals surface area contributed by atoms with E-state index >= 15 is 0 Å². The van der Waals surface area contributed by atoms with Gasteiger partial charge in [-0.05, 0) is 87.6 Å². The molecule has 0 spiro atoms. The number of aryl methyl sites for hydroxylation is 1. The van der Waals surface area contributed by atoms with E-state index in [-0.39, 0.29) is 30.3 Å². The van der Waals surface area contributed by atoms with Gasteiger partial charge >= 0.3 is 6.09 Å². The molecule has 9 nitrogen and oxygen atoms in total. The molecule has 1 unspecified atom stereocenters. The Morgan fingerprint density at radius 3 is 2.37 bits per heavy atom. The fraction of sp³-hybridized carbons (Fsp3) is 0.294. The molecule has 0 aliphatic heterocycles. The quantitative estimate of drug-likeness (QED) is 0.223. The number of alkyl carbamates (subject to hydrolysis) is 1. The monoisotopic (exact) mass is 579 g/mol. The van der Waals surface area contributed by atoms with Gasteiger partial charge in [-0.3, -0.25) is 9.59 Å². The lowest BCUT2D eigenvalue weighted by Crippen LogP contribution is -2.32. The SMILES string of the molecule is Cc1cc(C(=O)Nc2cccc(C(NC(=O)C3CC3)c3ccccc3)c2)n(-c2cccc(CNC(=O)OC(C)(C)C)c2)n1. The standard InChI is InChI=1S/C34H37N5O4/c1-22-18-29(39(38-22)28-15-8-10-23(19-28)21-35-33(42)43-34(2,3)4)32(41)36-27-14-9-13-26(20-27)30(24-11-6-5-7-12-24)37-31(40)25-16-17-25/h5-15,18-20,25,30H,16-17,21H2,1-4H3,(H,35,42)(H,36,41)(H,37,40). The Hall–Kier alpha value is -4.92. The lowest BCUT2D eigenvalue weighted by atomic mass is 9.98. The molecule has 222 valence electrons. The van der Waals surface area contributed by atoms with Crippen LogP contribution >= 0.6 is 0 Å². The largest absolute Gasteiger partial charge is 0.444 e. The van der Waals surface area contributed by atoms with Gasteiger partial charge in [0.05, 0.1) is 17.4 Å². The van der Waals surface area contributed by atoms with Crippen molar-refractivity contribution in [3.05, 3.63) is 113 Å². The second-order valence-corrected chi connectivity index (χ2v) is 11.8. The number of ether oxygens (including phenoxy) is 1. The molecule has 43 heavy (non-hydrogen) atoms. The first-order valence-electron chi connectivity index (χ1n) is 14.5. The summed E-state index contributed by atoms with van der Waals surface area (Å²) in [5, 5.41) is 13.5. The van der Waals surface area contributed by atoms with Crippen LogP contribution in [0.15, 0.2) is 84.9 Å². The van der Waals surface area contributed by atoms with Gasteiger partial charge in [0, 0.05) is 18.2 Å². The first-order valence-corrected chi connectivity index (χ1v) is 14.5. The minimum absolute atomic E-state index is 0.0474. The van der Waals surface area contributed by atoms with Crippen LogP contribution < -0.4 is 16.0 Å². The van der Waals surface area contributed by atoms with Crippen LogP contribution in [0.2, 0.25) is 0 Å². The van der Waals surface area contributed by atoms with Gasteiger partial charge in [-0.2, -0.15) is 5.10 Å². The molecule has 9 heteroatoms. The van der Waals surface area contributed by atoms with Crippen LogP contribution in [0.4, 0.5) is 10.5 Å². The lowest BCUT2D eigenvalue weighted by Gasteiger charge is -2.21.